The second-order valence-electron chi connectivity index (χ2n) is 11.2. The average Bonchev–Trinajstić information content (AvgIpc) is 3.02. The van der Waals surface area contributed by atoms with Gasteiger partial charge in [0.15, 0.2) is 0 Å². The third-order valence-electron chi connectivity index (χ3n) is 8.38. The Morgan fingerprint density at radius 3 is 1.43 bits per heavy atom. The highest BCUT2D eigenvalue weighted by Crippen LogP contribution is 2.40. The van der Waals surface area contributed by atoms with Crippen LogP contribution < -0.4 is 9.80 Å². The molecule has 0 spiro atoms. The number of para-hydroxylation sites is 3. The molecule has 0 aromatic heterocycles. The number of rotatable bonds is 7. The van der Waals surface area contributed by atoms with Crippen LogP contribution in [0.2, 0.25) is 0 Å². The van der Waals surface area contributed by atoms with Gasteiger partial charge in [0.2, 0.25) is 0 Å². The molecule has 0 aliphatic heterocycles. The second kappa shape index (κ2) is 12.0. The van der Waals surface area contributed by atoms with Gasteiger partial charge in [-0.25, -0.2) is 0 Å². The summed E-state index contributed by atoms with van der Waals surface area (Å²) in [6.45, 7) is 8.80. The monoisotopic (exact) mass is 546 g/mol. The van der Waals surface area contributed by atoms with Gasteiger partial charge in [0.1, 0.15) is 0 Å². The lowest BCUT2D eigenvalue weighted by Gasteiger charge is -2.36. The van der Waals surface area contributed by atoms with Crippen LogP contribution in [-0.4, -0.2) is 6.04 Å². The first-order valence-electron chi connectivity index (χ1n) is 14.8. The highest BCUT2D eigenvalue weighted by Gasteiger charge is 2.24. The fourth-order valence-electron chi connectivity index (χ4n) is 6.01. The lowest BCUT2D eigenvalue weighted by molar-refractivity contribution is 0.739. The van der Waals surface area contributed by atoms with Gasteiger partial charge >= 0.3 is 0 Å². The second-order valence-corrected chi connectivity index (χ2v) is 11.2. The number of hydrogen-bond donors (Lipinski definition) is 0. The van der Waals surface area contributed by atoms with Crippen LogP contribution in [0.3, 0.4) is 0 Å². The number of allylic oxidation sites excluding steroid dienone is 2. The predicted molar refractivity (Wildman–Crippen MR) is 181 cm³/mol. The van der Waals surface area contributed by atoms with Crippen molar-refractivity contribution in [2.75, 3.05) is 9.80 Å². The molecule has 0 saturated heterocycles. The lowest BCUT2D eigenvalue weighted by Crippen LogP contribution is -2.33. The van der Waals surface area contributed by atoms with E-state index >= 15 is 0 Å². The maximum atomic E-state index is 2.50. The molecule has 0 bridgehead atoms. The Labute approximate surface area is 250 Å². The van der Waals surface area contributed by atoms with E-state index < -0.39 is 0 Å². The van der Waals surface area contributed by atoms with E-state index in [0.29, 0.717) is 6.04 Å². The van der Waals surface area contributed by atoms with Crippen LogP contribution in [0.1, 0.15) is 30.0 Å². The summed E-state index contributed by atoms with van der Waals surface area (Å²) >= 11 is 0. The summed E-state index contributed by atoms with van der Waals surface area (Å²) in [6, 6.07) is 44.2. The highest BCUT2D eigenvalue weighted by molar-refractivity contribution is 5.81. The number of anilines is 5. The van der Waals surface area contributed by atoms with Crippen LogP contribution in [-0.2, 0) is 0 Å². The Kier molecular flexibility index (Phi) is 7.79. The fourth-order valence-corrected chi connectivity index (χ4v) is 6.01. The molecule has 0 fully saturated rings. The molecule has 5 aromatic carbocycles. The van der Waals surface area contributed by atoms with Crippen molar-refractivity contribution in [3.8, 4) is 11.1 Å². The Bertz CT molecular complexity index is 1700. The zero-order valence-electron chi connectivity index (χ0n) is 25.0. The van der Waals surface area contributed by atoms with E-state index in [1.807, 2.05) is 0 Å². The van der Waals surface area contributed by atoms with Crippen LogP contribution in [0.15, 0.2) is 145 Å². The Balaban J connectivity index is 1.34. The average molecular weight is 547 g/mol. The quantitative estimate of drug-likeness (QED) is 0.200. The van der Waals surface area contributed by atoms with Crippen molar-refractivity contribution in [1.29, 1.82) is 0 Å². The third kappa shape index (κ3) is 5.41. The van der Waals surface area contributed by atoms with E-state index in [9.17, 15) is 0 Å². The first-order chi connectivity index (χ1) is 20.5. The van der Waals surface area contributed by atoms with Crippen LogP contribution in [0.5, 0.6) is 0 Å². The molecule has 208 valence electrons. The van der Waals surface area contributed by atoms with E-state index in [-0.39, 0.29) is 0 Å². The van der Waals surface area contributed by atoms with Gasteiger partial charge in [0, 0.05) is 28.4 Å². The van der Waals surface area contributed by atoms with E-state index in [0.717, 1.165) is 12.1 Å². The molecule has 2 nitrogen and oxygen atoms in total. The number of benzene rings is 5. The molecule has 1 atom stereocenters. The zero-order valence-corrected chi connectivity index (χ0v) is 25.0. The fraction of sp³-hybridized carbons (Fsp3) is 0.150. The zero-order chi connectivity index (χ0) is 29.1. The van der Waals surface area contributed by atoms with E-state index in [2.05, 4.69) is 177 Å². The molecule has 0 radical (unpaired) electrons. The minimum absolute atomic E-state index is 0.301. The van der Waals surface area contributed by atoms with Crippen molar-refractivity contribution in [2.24, 2.45) is 0 Å². The van der Waals surface area contributed by atoms with Crippen LogP contribution in [0, 0.1) is 20.8 Å². The maximum absolute atomic E-state index is 2.50. The largest absolute Gasteiger partial charge is 0.334 e. The summed E-state index contributed by atoms with van der Waals surface area (Å²) < 4.78 is 0. The minimum atomic E-state index is 0.301. The summed E-state index contributed by atoms with van der Waals surface area (Å²) in [4.78, 5) is 4.87. The topological polar surface area (TPSA) is 6.48 Å². The van der Waals surface area contributed by atoms with Crippen LogP contribution >= 0.6 is 0 Å². The molecular weight excluding hydrogens is 508 g/mol. The Morgan fingerprint density at radius 2 is 0.952 bits per heavy atom. The summed E-state index contributed by atoms with van der Waals surface area (Å²) in [6.07, 6.45) is 7.69. The lowest BCUT2D eigenvalue weighted by atomic mass is 9.96. The van der Waals surface area contributed by atoms with Gasteiger partial charge in [-0.05, 0) is 104 Å². The number of hydrogen-bond acceptors (Lipinski definition) is 2. The van der Waals surface area contributed by atoms with Crippen molar-refractivity contribution in [3.05, 3.63) is 162 Å². The molecule has 1 aliphatic carbocycles. The van der Waals surface area contributed by atoms with Gasteiger partial charge in [0.05, 0.1) is 6.04 Å². The van der Waals surface area contributed by atoms with Gasteiger partial charge in [-0.3, -0.25) is 0 Å². The predicted octanol–water partition coefficient (Wildman–Crippen LogP) is 11.2. The molecule has 6 rings (SSSR count). The van der Waals surface area contributed by atoms with E-state index in [1.165, 1.54) is 56.1 Å². The van der Waals surface area contributed by atoms with Gasteiger partial charge in [-0.1, -0.05) is 103 Å². The summed E-state index contributed by atoms with van der Waals surface area (Å²) in [7, 11) is 0. The van der Waals surface area contributed by atoms with Crippen LogP contribution in [0.25, 0.3) is 11.1 Å². The number of nitrogens with zero attached hydrogens (tertiary/aromatic N) is 2. The van der Waals surface area contributed by atoms with E-state index in [1.54, 1.807) is 0 Å². The standard InChI is InChI=1S/C40H38N2/c1-29-13-5-9-17-37(29)41(38-18-10-6-14-30(38)2)35-25-21-33(22-26-35)34-23-27-36(28-24-34)42(39-19-11-7-15-31(39)3)40-20-12-8-16-32(40)4/h5-19,21-28,40H,20H2,1-4H3. The molecule has 0 amide bonds. The van der Waals surface area contributed by atoms with Crippen molar-refractivity contribution in [1.82, 2.24) is 0 Å². The molecule has 42 heavy (non-hydrogen) atoms. The van der Waals surface area contributed by atoms with Crippen molar-refractivity contribution >= 4 is 28.4 Å². The smallest absolute Gasteiger partial charge is 0.0586 e. The minimum Gasteiger partial charge on any atom is -0.334 e. The summed E-state index contributed by atoms with van der Waals surface area (Å²) in [5, 5.41) is 0. The van der Waals surface area contributed by atoms with Gasteiger partial charge < -0.3 is 9.80 Å². The summed E-state index contributed by atoms with van der Waals surface area (Å²) in [5.74, 6) is 0. The molecule has 1 unspecified atom stereocenters. The van der Waals surface area contributed by atoms with Gasteiger partial charge in [-0.2, -0.15) is 0 Å². The molecule has 0 saturated carbocycles. The normalized spacial score (nSPS) is 14.4. The van der Waals surface area contributed by atoms with Gasteiger partial charge in [-0.15, -0.1) is 0 Å². The van der Waals surface area contributed by atoms with Crippen molar-refractivity contribution in [2.45, 2.75) is 40.2 Å². The third-order valence-corrected chi connectivity index (χ3v) is 8.38. The highest BCUT2D eigenvalue weighted by atomic mass is 15.2. The Hall–Kier alpha value is -4.82. The Morgan fingerprint density at radius 1 is 0.500 bits per heavy atom. The summed E-state index contributed by atoms with van der Waals surface area (Å²) in [5.41, 5.74) is 13.6. The first-order valence-corrected chi connectivity index (χ1v) is 14.8. The molecule has 0 heterocycles. The molecule has 5 aromatic rings. The van der Waals surface area contributed by atoms with E-state index in [4.69, 9.17) is 0 Å². The maximum Gasteiger partial charge on any atom is 0.0586 e. The van der Waals surface area contributed by atoms with Crippen molar-refractivity contribution in [3.63, 3.8) is 0 Å². The van der Waals surface area contributed by atoms with Gasteiger partial charge in [0.25, 0.3) is 0 Å². The molecule has 1 aliphatic rings. The number of aryl methyl sites for hydroxylation is 3. The molecule has 2 heteroatoms. The molecule has 0 N–H and O–H groups in total. The van der Waals surface area contributed by atoms with Crippen molar-refractivity contribution < 1.29 is 0 Å². The SMILES string of the molecule is CC1=CC=CCC1N(c1ccc(-c2ccc(N(c3ccccc3C)c3ccccc3C)cc2)cc1)c1ccccc1C. The van der Waals surface area contributed by atoms with Crippen LogP contribution in [0.4, 0.5) is 28.4 Å². The molecular formula is C40H38N2. The first kappa shape index (κ1) is 27.4.